The zero-order chi connectivity index (χ0) is 22.5. The number of nitro benzene ring substituents is 1. The van der Waals surface area contributed by atoms with E-state index in [0.29, 0.717) is 17.1 Å². The Hall–Kier alpha value is -3.06. The number of nitro groups is 1. The van der Waals surface area contributed by atoms with E-state index >= 15 is 0 Å². The molecule has 0 aliphatic rings. The van der Waals surface area contributed by atoms with Crippen molar-refractivity contribution in [1.29, 1.82) is 0 Å². The first-order valence-corrected chi connectivity index (χ1v) is 9.90. The van der Waals surface area contributed by atoms with Gasteiger partial charge in [0, 0.05) is 11.6 Å². The summed E-state index contributed by atoms with van der Waals surface area (Å²) in [5, 5.41) is 11.9. The van der Waals surface area contributed by atoms with E-state index in [1.807, 2.05) is 0 Å². The van der Waals surface area contributed by atoms with Gasteiger partial charge in [0.1, 0.15) is 11.5 Å². The van der Waals surface area contributed by atoms with Crippen molar-refractivity contribution in [3.63, 3.8) is 0 Å². The Morgan fingerprint density at radius 1 is 0.968 bits per heavy atom. The topological polar surface area (TPSA) is 78.7 Å². The molecule has 0 saturated heterocycles. The minimum Gasteiger partial charge on any atom is -0.497 e. The Kier molecular flexibility index (Phi) is 7.17. The second-order valence-electron chi connectivity index (χ2n) is 6.18. The van der Waals surface area contributed by atoms with E-state index < -0.39 is 10.7 Å². The van der Waals surface area contributed by atoms with E-state index in [9.17, 15) is 14.9 Å². The van der Waals surface area contributed by atoms with Gasteiger partial charge < -0.3 is 9.47 Å². The predicted molar refractivity (Wildman–Crippen MR) is 121 cm³/mol. The molecule has 6 nitrogen and oxygen atoms in total. The minimum absolute atomic E-state index is 0.0398. The molecule has 0 atom stereocenters. The van der Waals surface area contributed by atoms with Crippen molar-refractivity contribution in [3.05, 3.63) is 97.0 Å². The fourth-order valence-electron chi connectivity index (χ4n) is 2.62. The smallest absolute Gasteiger partial charge is 0.312 e. The molecule has 158 valence electrons. The van der Waals surface area contributed by atoms with E-state index in [2.05, 4.69) is 0 Å². The Morgan fingerprint density at radius 2 is 1.65 bits per heavy atom. The molecule has 3 aromatic carbocycles. The highest BCUT2D eigenvalue weighted by Crippen LogP contribution is 2.34. The number of allylic oxidation sites excluding steroid dienone is 1. The SMILES string of the molecule is COc1ccc(Oc2ccc(/C=C/C(=O)c3ccc(Cl)c(Cl)c3Cl)cc2[N+](=O)[O-])cc1. The van der Waals surface area contributed by atoms with Crippen molar-refractivity contribution in [3.8, 4) is 17.2 Å². The third-order valence-corrected chi connectivity index (χ3v) is 5.49. The zero-order valence-electron chi connectivity index (χ0n) is 16.0. The van der Waals surface area contributed by atoms with Crippen LogP contribution >= 0.6 is 34.8 Å². The van der Waals surface area contributed by atoms with Crippen LogP contribution in [0, 0.1) is 10.1 Å². The van der Waals surface area contributed by atoms with Crippen LogP contribution in [0.25, 0.3) is 6.08 Å². The average molecular weight is 479 g/mol. The maximum atomic E-state index is 12.4. The van der Waals surface area contributed by atoms with Crippen molar-refractivity contribution >= 4 is 52.3 Å². The Morgan fingerprint density at radius 3 is 2.29 bits per heavy atom. The van der Waals surface area contributed by atoms with Gasteiger partial charge in [0.25, 0.3) is 0 Å². The van der Waals surface area contributed by atoms with Gasteiger partial charge in [0.15, 0.2) is 5.78 Å². The summed E-state index contributed by atoms with van der Waals surface area (Å²) in [7, 11) is 1.53. The average Bonchev–Trinajstić information content (AvgIpc) is 2.77. The van der Waals surface area contributed by atoms with Crippen LogP contribution in [0.15, 0.2) is 60.7 Å². The summed E-state index contributed by atoms with van der Waals surface area (Å²) in [4.78, 5) is 23.4. The molecule has 0 aromatic heterocycles. The van der Waals surface area contributed by atoms with Gasteiger partial charge in [-0.05, 0) is 54.1 Å². The minimum atomic E-state index is -0.562. The molecule has 0 heterocycles. The van der Waals surface area contributed by atoms with Crippen LogP contribution in [0.3, 0.4) is 0 Å². The molecule has 0 bridgehead atoms. The van der Waals surface area contributed by atoms with Crippen molar-refractivity contribution in [1.82, 2.24) is 0 Å². The lowest BCUT2D eigenvalue weighted by atomic mass is 10.1. The molecule has 0 N–H and O–H groups in total. The second kappa shape index (κ2) is 9.83. The quantitative estimate of drug-likeness (QED) is 0.117. The summed E-state index contributed by atoms with van der Waals surface area (Å²) >= 11 is 17.9. The van der Waals surface area contributed by atoms with Gasteiger partial charge in [-0.1, -0.05) is 46.9 Å². The van der Waals surface area contributed by atoms with Crippen LogP contribution in [-0.4, -0.2) is 17.8 Å². The third kappa shape index (κ3) is 5.35. The normalized spacial score (nSPS) is 10.8. The van der Waals surface area contributed by atoms with Crippen LogP contribution in [0.2, 0.25) is 15.1 Å². The number of benzene rings is 3. The number of methoxy groups -OCH3 is 1. The Balaban J connectivity index is 1.84. The first-order valence-electron chi connectivity index (χ1n) is 8.76. The molecular weight excluding hydrogens is 465 g/mol. The molecule has 0 unspecified atom stereocenters. The van der Waals surface area contributed by atoms with Gasteiger partial charge in [-0.15, -0.1) is 0 Å². The second-order valence-corrected chi connectivity index (χ2v) is 7.35. The number of carbonyl (C=O) groups is 1. The van der Waals surface area contributed by atoms with Crippen molar-refractivity contribution in [2.45, 2.75) is 0 Å². The number of nitrogens with zero attached hydrogens (tertiary/aromatic N) is 1. The third-order valence-electron chi connectivity index (χ3n) is 4.19. The molecule has 0 saturated carbocycles. The number of ketones is 1. The van der Waals surface area contributed by atoms with Gasteiger partial charge in [-0.3, -0.25) is 14.9 Å². The number of hydrogen-bond donors (Lipinski definition) is 0. The fraction of sp³-hybridized carbons (Fsp3) is 0.0455. The predicted octanol–water partition coefficient (Wildman–Crippen LogP) is 7.25. The van der Waals surface area contributed by atoms with Crippen molar-refractivity contribution in [2.24, 2.45) is 0 Å². The molecule has 0 radical (unpaired) electrons. The van der Waals surface area contributed by atoms with E-state index in [-0.39, 0.29) is 32.1 Å². The van der Waals surface area contributed by atoms with Gasteiger partial charge in [-0.25, -0.2) is 0 Å². The van der Waals surface area contributed by atoms with Gasteiger partial charge in [0.05, 0.1) is 27.1 Å². The van der Waals surface area contributed by atoms with Crippen molar-refractivity contribution in [2.75, 3.05) is 7.11 Å². The lowest BCUT2D eigenvalue weighted by Gasteiger charge is -2.08. The first kappa shape index (κ1) is 22.6. The van der Waals surface area contributed by atoms with Crippen LogP contribution in [0.1, 0.15) is 15.9 Å². The summed E-state index contributed by atoms with van der Waals surface area (Å²) in [5.41, 5.74) is 0.345. The lowest BCUT2D eigenvalue weighted by Crippen LogP contribution is -1.97. The lowest BCUT2D eigenvalue weighted by molar-refractivity contribution is -0.385. The maximum Gasteiger partial charge on any atom is 0.312 e. The van der Waals surface area contributed by atoms with Crippen LogP contribution in [-0.2, 0) is 0 Å². The largest absolute Gasteiger partial charge is 0.497 e. The monoisotopic (exact) mass is 477 g/mol. The molecule has 9 heteroatoms. The molecule has 3 aromatic rings. The van der Waals surface area contributed by atoms with E-state index in [0.717, 1.165) is 0 Å². The first-order chi connectivity index (χ1) is 14.8. The number of halogens is 3. The molecule has 3 rings (SSSR count). The van der Waals surface area contributed by atoms with Gasteiger partial charge in [-0.2, -0.15) is 0 Å². The number of ether oxygens (including phenoxy) is 2. The van der Waals surface area contributed by atoms with Gasteiger partial charge >= 0.3 is 5.69 Å². The fourth-order valence-corrected chi connectivity index (χ4v) is 3.24. The number of hydrogen-bond acceptors (Lipinski definition) is 5. The number of rotatable bonds is 7. The van der Waals surface area contributed by atoms with Gasteiger partial charge in [0.2, 0.25) is 5.75 Å². The Labute approximate surface area is 192 Å². The van der Waals surface area contributed by atoms with E-state index in [4.69, 9.17) is 44.3 Å². The molecule has 31 heavy (non-hydrogen) atoms. The van der Waals surface area contributed by atoms with Crippen LogP contribution in [0.5, 0.6) is 17.2 Å². The van der Waals surface area contributed by atoms with Crippen molar-refractivity contribution < 1.29 is 19.2 Å². The van der Waals surface area contributed by atoms with Crippen LogP contribution in [0.4, 0.5) is 5.69 Å². The summed E-state index contributed by atoms with van der Waals surface area (Å²) in [5.74, 6) is 0.682. The molecule has 0 aliphatic heterocycles. The summed E-state index contributed by atoms with van der Waals surface area (Å²) < 4.78 is 10.7. The Bertz CT molecular complexity index is 1180. The standard InChI is InChI=1S/C22H14Cl3NO5/c1-30-14-4-6-15(7-5-14)31-20-11-3-13(12-18(20)26(28)29)2-10-19(27)16-8-9-17(23)22(25)21(16)24/h2-12H,1H3/b10-2+. The molecule has 0 spiro atoms. The summed E-state index contributed by atoms with van der Waals surface area (Å²) in [6.07, 6.45) is 2.68. The molecule has 0 fully saturated rings. The number of carbonyl (C=O) groups excluding carboxylic acids is 1. The molecule has 0 aliphatic carbocycles. The molecule has 0 amide bonds. The highest BCUT2D eigenvalue weighted by atomic mass is 35.5. The van der Waals surface area contributed by atoms with Crippen LogP contribution < -0.4 is 9.47 Å². The van der Waals surface area contributed by atoms with E-state index in [1.165, 1.54) is 43.5 Å². The molecular formula is C22H14Cl3NO5. The zero-order valence-corrected chi connectivity index (χ0v) is 18.2. The highest BCUT2D eigenvalue weighted by Gasteiger charge is 2.17. The summed E-state index contributed by atoms with van der Waals surface area (Å²) in [6, 6.07) is 13.9. The van der Waals surface area contributed by atoms with E-state index in [1.54, 1.807) is 30.3 Å². The highest BCUT2D eigenvalue weighted by molar-refractivity contribution is 6.49. The summed E-state index contributed by atoms with van der Waals surface area (Å²) in [6.45, 7) is 0. The maximum absolute atomic E-state index is 12.4.